The number of nitrogens with one attached hydrogen (secondary N) is 2. The third kappa shape index (κ3) is 3.72. The van der Waals surface area contributed by atoms with Crippen molar-refractivity contribution in [2.45, 2.75) is 6.92 Å². The molecule has 2 aromatic carbocycles. The summed E-state index contributed by atoms with van der Waals surface area (Å²) in [6.07, 6.45) is 2.73. The second-order valence-corrected chi connectivity index (χ2v) is 7.28. The summed E-state index contributed by atoms with van der Waals surface area (Å²) in [4.78, 5) is 32.7. The van der Waals surface area contributed by atoms with E-state index < -0.39 is 11.3 Å². The van der Waals surface area contributed by atoms with Crippen molar-refractivity contribution in [2.24, 2.45) is 5.10 Å². The van der Waals surface area contributed by atoms with E-state index in [1.807, 2.05) is 6.92 Å². The van der Waals surface area contributed by atoms with Crippen LogP contribution >= 0.6 is 23.2 Å². The van der Waals surface area contributed by atoms with Gasteiger partial charge in [0.15, 0.2) is 0 Å². The average Bonchev–Trinajstić information content (AvgIpc) is 2.69. The molecule has 8 heteroatoms. The van der Waals surface area contributed by atoms with Gasteiger partial charge in [-0.3, -0.25) is 14.6 Å². The molecule has 0 fully saturated rings. The molecule has 0 atom stereocenters. The van der Waals surface area contributed by atoms with Gasteiger partial charge in [-0.15, -0.1) is 0 Å². The van der Waals surface area contributed by atoms with Crippen molar-refractivity contribution in [1.82, 2.24) is 15.4 Å². The maximum absolute atomic E-state index is 12.9. The van der Waals surface area contributed by atoms with Gasteiger partial charge >= 0.3 is 0 Å². The largest absolute Gasteiger partial charge is 0.346 e. The van der Waals surface area contributed by atoms with E-state index in [1.165, 1.54) is 12.4 Å². The van der Waals surface area contributed by atoms with Crippen LogP contribution in [0.15, 0.2) is 58.6 Å². The lowest BCUT2D eigenvalue weighted by Gasteiger charge is -2.08. The molecule has 0 aliphatic carbocycles. The van der Waals surface area contributed by atoms with E-state index in [4.69, 9.17) is 23.2 Å². The minimum Gasteiger partial charge on any atom is -0.346 e. The number of aromatic nitrogens is 2. The fourth-order valence-corrected chi connectivity index (χ4v) is 3.50. The standard InChI is InChI=1S/C21H14Cl2N4O2/c1-11-8-17(23)26-16-7-6-14-19(18(11)16)24-10-15(20(14)28)21(29)27-25-9-12-2-4-13(22)5-3-12/h2-10,26H,1H3,(H,27,29)/b25-9+. The van der Waals surface area contributed by atoms with E-state index in [-0.39, 0.29) is 5.56 Å². The van der Waals surface area contributed by atoms with Crippen molar-refractivity contribution in [2.75, 3.05) is 0 Å². The van der Waals surface area contributed by atoms with Crippen molar-refractivity contribution in [1.29, 1.82) is 0 Å². The second kappa shape index (κ2) is 7.66. The molecule has 1 amide bonds. The molecule has 0 unspecified atom stereocenters. The lowest BCUT2D eigenvalue weighted by molar-refractivity contribution is 0.0954. The van der Waals surface area contributed by atoms with Crippen molar-refractivity contribution in [3.8, 4) is 0 Å². The molecule has 29 heavy (non-hydrogen) atoms. The minimum absolute atomic E-state index is 0.0827. The van der Waals surface area contributed by atoms with E-state index >= 15 is 0 Å². The molecule has 2 N–H and O–H groups in total. The van der Waals surface area contributed by atoms with E-state index in [2.05, 4.69) is 20.5 Å². The average molecular weight is 425 g/mol. The van der Waals surface area contributed by atoms with Crippen LogP contribution in [0.2, 0.25) is 10.2 Å². The molecule has 2 heterocycles. The highest BCUT2D eigenvalue weighted by molar-refractivity contribution is 6.30. The monoisotopic (exact) mass is 424 g/mol. The van der Waals surface area contributed by atoms with Crippen LogP contribution in [0.5, 0.6) is 0 Å². The van der Waals surface area contributed by atoms with Gasteiger partial charge in [-0.05, 0) is 48.4 Å². The van der Waals surface area contributed by atoms with Gasteiger partial charge in [0.2, 0.25) is 5.43 Å². The summed E-state index contributed by atoms with van der Waals surface area (Å²) in [5.41, 5.74) is 4.78. The molecule has 0 spiro atoms. The number of amides is 1. The Balaban J connectivity index is 1.68. The molecular formula is C21H14Cl2N4O2. The summed E-state index contributed by atoms with van der Waals surface area (Å²) in [6, 6.07) is 12.1. The third-order valence-electron chi connectivity index (χ3n) is 4.48. The number of fused-ring (bicyclic) bond motifs is 3. The first-order valence-corrected chi connectivity index (χ1v) is 9.39. The highest BCUT2D eigenvalue weighted by Gasteiger charge is 2.15. The van der Waals surface area contributed by atoms with Gasteiger partial charge in [-0.25, -0.2) is 5.43 Å². The Bertz CT molecular complexity index is 1350. The molecule has 0 bridgehead atoms. The normalized spacial score (nSPS) is 11.4. The van der Waals surface area contributed by atoms with Crippen LogP contribution in [0.25, 0.3) is 21.8 Å². The Morgan fingerprint density at radius 2 is 1.93 bits per heavy atom. The molecule has 144 valence electrons. The SMILES string of the molecule is Cc1cc(Cl)[nH]c2ccc3c(=O)c(C(=O)N/N=C/c4ccc(Cl)cc4)cnc3c12. The minimum atomic E-state index is -0.630. The van der Waals surface area contributed by atoms with Gasteiger partial charge in [0.05, 0.1) is 11.7 Å². The van der Waals surface area contributed by atoms with Crippen LogP contribution in [0.1, 0.15) is 21.5 Å². The number of carbonyl (C=O) groups excluding carboxylic acids is 1. The maximum Gasteiger partial charge on any atom is 0.276 e. The molecule has 0 radical (unpaired) electrons. The van der Waals surface area contributed by atoms with Gasteiger partial charge in [-0.2, -0.15) is 5.10 Å². The summed E-state index contributed by atoms with van der Waals surface area (Å²) in [5.74, 6) is -0.630. The molecule has 4 aromatic rings. The first kappa shape index (κ1) is 19.1. The van der Waals surface area contributed by atoms with Crippen LogP contribution in [0, 0.1) is 6.92 Å². The number of halogens is 2. The Hall–Kier alpha value is -3.22. The summed E-state index contributed by atoms with van der Waals surface area (Å²) in [5, 5.41) is 6.13. The van der Waals surface area contributed by atoms with Crippen molar-refractivity contribution < 1.29 is 4.79 Å². The first-order chi connectivity index (χ1) is 13.9. The lowest BCUT2D eigenvalue weighted by atomic mass is 10.0. The number of hydrogen-bond donors (Lipinski definition) is 2. The number of aromatic amines is 1. The van der Waals surface area contributed by atoms with Crippen LogP contribution < -0.4 is 10.9 Å². The number of H-pyrrole nitrogens is 1. The highest BCUT2D eigenvalue weighted by atomic mass is 35.5. The van der Waals surface area contributed by atoms with Gasteiger partial charge in [0.1, 0.15) is 10.7 Å². The van der Waals surface area contributed by atoms with Gasteiger partial charge in [0, 0.05) is 27.5 Å². The summed E-state index contributed by atoms with van der Waals surface area (Å²) >= 11 is 11.9. The number of pyridine rings is 2. The number of hydrogen-bond acceptors (Lipinski definition) is 4. The Labute approximate surface area is 175 Å². The zero-order chi connectivity index (χ0) is 20.5. The molecular weight excluding hydrogens is 411 g/mol. The van der Waals surface area contributed by atoms with Crippen LogP contribution in [0.3, 0.4) is 0 Å². The number of aryl methyl sites for hydroxylation is 1. The van der Waals surface area contributed by atoms with Crippen molar-refractivity contribution >= 4 is 57.1 Å². The topological polar surface area (TPSA) is 87.2 Å². The van der Waals surface area contributed by atoms with Crippen LogP contribution in [-0.2, 0) is 0 Å². The van der Waals surface area contributed by atoms with Crippen LogP contribution in [0.4, 0.5) is 0 Å². The van der Waals surface area contributed by atoms with E-state index in [9.17, 15) is 9.59 Å². The molecule has 0 aliphatic heterocycles. The number of carbonyl (C=O) groups is 1. The van der Waals surface area contributed by atoms with Crippen molar-refractivity contribution in [3.63, 3.8) is 0 Å². The fourth-order valence-electron chi connectivity index (χ4n) is 3.11. The smallest absolute Gasteiger partial charge is 0.276 e. The van der Waals surface area contributed by atoms with Crippen LogP contribution in [-0.4, -0.2) is 22.1 Å². The molecule has 0 saturated carbocycles. The number of hydrazone groups is 1. The number of nitrogens with zero attached hydrogens (tertiary/aromatic N) is 2. The zero-order valence-corrected chi connectivity index (χ0v) is 16.7. The summed E-state index contributed by atoms with van der Waals surface area (Å²) in [7, 11) is 0. The Morgan fingerprint density at radius 1 is 1.17 bits per heavy atom. The molecule has 0 aliphatic rings. The zero-order valence-electron chi connectivity index (χ0n) is 15.2. The molecule has 6 nitrogen and oxygen atoms in total. The Morgan fingerprint density at radius 3 is 2.69 bits per heavy atom. The van der Waals surface area contributed by atoms with E-state index in [0.29, 0.717) is 21.1 Å². The molecule has 4 rings (SSSR count). The van der Waals surface area contributed by atoms with E-state index in [1.54, 1.807) is 42.5 Å². The van der Waals surface area contributed by atoms with Gasteiger partial charge in [0.25, 0.3) is 5.91 Å². The van der Waals surface area contributed by atoms with E-state index in [0.717, 1.165) is 22.0 Å². The quantitative estimate of drug-likeness (QED) is 0.220. The second-order valence-electron chi connectivity index (χ2n) is 6.44. The summed E-state index contributed by atoms with van der Waals surface area (Å²) < 4.78 is 0. The maximum atomic E-state index is 12.9. The number of rotatable bonds is 3. The molecule has 2 aromatic heterocycles. The van der Waals surface area contributed by atoms with Gasteiger partial charge < -0.3 is 4.98 Å². The van der Waals surface area contributed by atoms with Gasteiger partial charge in [-0.1, -0.05) is 35.3 Å². The summed E-state index contributed by atoms with van der Waals surface area (Å²) in [6.45, 7) is 1.89. The number of benzene rings is 2. The highest BCUT2D eigenvalue weighted by Crippen LogP contribution is 2.26. The lowest BCUT2D eigenvalue weighted by Crippen LogP contribution is -2.25. The predicted molar refractivity (Wildman–Crippen MR) is 116 cm³/mol. The predicted octanol–water partition coefficient (Wildman–Crippen LogP) is 4.46. The first-order valence-electron chi connectivity index (χ1n) is 8.64. The Kier molecular flexibility index (Phi) is 5.05. The molecule has 0 saturated heterocycles. The fraction of sp³-hybridized carbons (Fsp3) is 0.0476. The van der Waals surface area contributed by atoms with Crippen molar-refractivity contribution in [3.05, 3.63) is 85.8 Å². The third-order valence-corrected chi connectivity index (χ3v) is 4.93.